The van der Waals surface area contributed by atoms with Gasteiger partial charge in [-0.2, -0.15) is 4.72 Å². The lowest BCUT2D eigenvalue weighted by atomic mass is 9.95. The van der Waals surface area contributed by atoms with Crippen molar-refractivity contribution in [2.24, 2.45) is 0 Å². The fourth-order valence-electron chi connectivity index (χ4n) is 2.96. The highest BCUT2D eigenvalue weighted by Gasteiger charge is 2.27. The quantitative estimate of drug-likeness (QED) is 0.687. The molecule has 1 saturated carbocycles. The highest BCUT2D eigenvalue weighted by molar-refractivity contribution is 7.89. The number of sulfonamides is 1. The lowest BCUT2D eigenvalue weighted by molar-refractivity contribution is -0.156. The molecule has 1 amide bonds. The molecule has 0 spiro atoms. The Bertz CT molecular complexity index is 755. The molecule has 0 unspecified atom stereocenters. The smallest absolute Gasteiger partial charge is 0.324 e. The number of esters is 1. The van der Waals surface area contributed by atoms with Gasteiger partial charge in [0.05, 0.1) is 4.90 Å². The summed E-state index contributed by atoms with van der Waals surface area (Å²) >= 11 is 0. The number of carbonyl (C=O) groups is 2. The number of amides is 1. The van der Waals surface area contributed by atoms with Crippen LogP contribution in [0.4, 0.5) is 0 Å². The number of benzene rings is 1. The van der Waals surface area contributed by atoms with Gasteiger partial charge in [-0.3, -0.25) is 9.59 Å². The highest BCUT2D eigenvalue weighted by atomic mass is 32.2. The largest absolute Gasteiger partial charge is 0.451 e. The van der Waals surface area contributed by atoms with Crippen LogP contribution in [0, 0.1) is 6.92 Å². The summed E-state index contributed by atoms with van der Waals surface area (Å²) in [4.78, 5) is 24.4. The van der Waals surface area contributed by atoms with Crippen LogP contribution in [-0.2, 0) is 24.3 Å². The second-order valence-electron chi connectivity index (χ2n) is 7.08. The number of aryl methyl sites for hydroxylation is 1. The molecule has 0 aromatic heterocycles. The van der Waals surface area contributed by atoms with E-state index in [1.165, 1.54) is 32.4 Å². The van der Waals surface area contributed by atoms with Gasteiger partial charge in [0.1, 0.15) is 6.04 Å². The van der Waals surface area contributed by atoms with Crippen LogP contribution in [0.15, 0.2) is 29.2 Å². The van der Waals surface area contributed by atoms with Crippen LogP contribution in [0.3, 0.4) is 0 Å². The Balaban J connectivity index is 1.88. The van der Waals surface area contributed by atoms with Crippen LogP contribution in [-0.4, -0.2) is 38.5 Å². The van der Waals surface area contributed by atoms with E-state index in [9.17, 15) is 18.0 Å². The van der Waals surface area contributed by atoms with Crippen molar-refractivity contribution in [2.75, 3.05) is 0 Å². The summed E-state index contributed by atoms with van der Waals surface area (Å²) in [5, 5.41) is 2.89. The van der Waals surface area contributed by atoms with Crippen molar-refractivity contribution in [1.29, 1.82) is 0 Å². The number of hydrogen-bond donors (Lipinski definition) is 2. The molecule has 1 fully saturated rings. The molecule has 0 radical (unpaired) electrons. The fourth-order valence-corrected chi connectivity index (χ4v) is 4.15. The summed E-state index contributed by atoms with van der Waals surface area (Å²) in [5.74, 6) is -1.15. The summed E-state index contributed by atoms with van der Waals surface area (Å²) in [6.07, 6.45) is 4.22. The molecule has 2 N–H and O–H groups in total. The predicted octanol–water partition coefficient (Wildman–Crippen LogP) is 2.04. The number of hydrogen-bond acceptors (Lipinski definition) is 5. The number of carbonyl (C=O) groups excluding carboxylic acids is 2. The van der Waals surface area contributed by atoms with Gasteiger partial charge in [0.2, 0.25) is 10.0 Å². The van der Waals surface area contributed by atoms with E-state index in [-0.39, 0.29) is 16.8 Å². The lowest BCUT2D eigenvalue weighted by Crippen LogP contribution is -2.46. The Morgan fingerprint density at radius 3 is 2.26 bits per heavy atom. The molecular weight excluding hydrogens is 368 g/mol. The Morgan fingerprint density at radius 2 is 1.67 bits per heavy atom. The van der Waals surface area contributed by atoms with Crippen molar-refractivity contribution in [1.82, 2.24) is 10.0 Å². The maximum Gasteiger partial charge on any atom is 0.324 e. The van der Waals surface area contributed by atoms with Crippen molar-refractivity contribution in [2.45, 2.75) is 76.0 Å². The Kier molecular flexibility index (Phi) is 7.38. The molecule has 1 aliphatic carbocycles. The molecule has 0 heterocycles. The first-order chi connectivity index (χ1) is 12.7. The van der Waals surface area contributed by atoms with E-state index in [2.05, 4.69) is 10.0 Å². The van der Waals surface area contributed by atoms with Crippen molar-refractivity contribution < 1.29 is 22.7 Å². The Labute approximate surface area is 160 Å². The summed E-state index contributed by atoms with van der Waals surface area (Å²) in [7, 11) is -3.85. The molecule has 7 nitrogen and oxygen atoms in total. The zero-order chi connectivity index (χ0) is 20.0. The summed E-state index contributed by atoms with van der Waals surface area (Å²) in [6, 6.07) is 5.29. The van der Waals surface area contributed by atoms with Gasteiger partial charge in [0.25, 0.3) is 5.91 Å². The summed E-state index contributed by atoms with van der Waals surface area (Å²) in [5.41, 5.74) is 0.930. The fraction of sp³-hybridized carbons (Fsp3) is 0.579. The molecule has 2 atom stereocenters. The maximum absolute atomic E-state index is 12.3. The van der Waals surface area contributed by atoms with E-state index < -0.39 is 28.1 Å². The van der Waals surface area contributed by atoms with E-state index in [1.54, 1.807) is 12.1 Å². The molecule has 27 heavy (non-hydrogen) atoms. The van der Waals surface area contributed by atoms with Crippen LogP contribution >= 0.6 is 0 Å². The van der Waals surface area contributed by atoms with Gasteiger partial charge in [-0.05, 0) is 45.7 Å². The second-order valence-corrected chi connectivity index (χ2v) is 8.79. The van der Waals surface area contributed by atoms with Crippen molar-refractivity contribution in [3.8, 4) is 0 Å². The first kappa shape index (κ1) is 21.4. The van der Waals surface area contributed by atoms with Gasteiger partial charge in [-0.25, -0.2) is 8.42 Å². The van der Waals surface area contributed by atoms with Crippen LogP contribution in [0.25, 0.3) is 0 Å². The molecule has 1 aromatic carbocycles. The summed E-state index contributed by atoms with van der Waals surface area (Å²) in [6.45, 7) is 4.72. The van der Waals surface area contributed by atoms with Gasteiger partial charge in [0.15, 0.2) is 6.10 Å². The van der Waals surface area contributed by atoms with Gasteiger partial charge < -0.3 is 10.1 Å². The van der Waals surface area contributed by atoms with E-state index >= 15 is 0 Å². The molecule has 8 heteroatoms. The minimum atomic E-state index is -3.85. The van der Waals surface area contributed by atoms with Crippen molar-refractivity contribution in [3.05, 3.63) is 29.8 Å². The lowest BCUT2D eigenvalue weighted by Gasteiger charge is -2.24. The van der Waals surface area contributed by atoms with Gasteiger partial charge in [0, 0.05) is 6.04 Å². The number of nitrogens with one attached hydrogen (secondary N) is 2. The topological polar surface area (TPSA) is 102 Å². The van der Waals surface area contributed by atoms with Crippen LogP contribution in [0.1, 0.15) is 51.5 Å². The van der Waals surface area contributed by atoms with Gasteiger partial charge >= 0.3 is 5.97 Å². The SMILES string of the molecule is Cc1ccc(S(=O)(=O)N[C@H](C)C(=O)O[C@@H](C)C(=O)NC2CCCCC2)cc1. The van der Waals surface area contributed by atoms with E-state index in [1.807, 2.05) is 6.92 Å². The molecule has 1 aliphatic rings. The average Bonchev–Trinajstić information content (AvgIpc) is 2.62. The zero-order valence-corrected chi connectivity index (χ0v) is 16.8. The monoisotopic (exact) mass is 396 g/mol. The van der Waals surface area contributed by atoms with Crippen molar-refractivity contribution >= 4 is 21.9 Å². The van der Waals surface area contributed by atoms with Crippen LogP contribution < -0.4 is 10.0 Å². The molecule has 2 rings (SSSR count). The third kappa shape index (κ3) is 6.32. The van der Waals surface area contributed by atoms with Gasteiger partial charge in [-0.15, -0.1) is 0 Å². The molecule has 150 valence electrons. The normalized spacial score (nSPS) is 17.7. The first-order valence-corrected chi connectivity index (χ1v) is 10.8. The summed E-state index contributed by atoms with van der Waals surface area (Å²) < 4.78 is 32.1. The van der Waals surface area contributed by atoms with E-state index in [0.29, 0.717) is 0 Å². The molecule has 0 aliphatic heterocycles. The minimum Gasteiger partial charge on any atom is -0.451 e. The van der Waals surface area contributed by atoms with Crippen LogP contribution in [0.5, 0.6) is 0 Å². The average molecular weight is 397 g/mol. The third-order valence-electron chi connectivity index (χ3n) is 4.63. The first-order valence-electron chi connectivity index (χ1n) is 9.29. The molecular formula is C19H28N2O5S. The maximum atomic E-state index is 12.3. The van der Waals surface area contributed by atoms with Gasteiger partial charge in [-0.1, -0.05) is 37.0 Å². The molecule has 0 saturated heterocycles. The van der Waals surface area contributed by atoms with Crippen LogP contribution in [0.2, 0.25) is 0 Å². The predicted molar refractivity (Wildman–Crippen MR) is 102 cm³/mol. The van der Waals surface area contributed by atoms with Crippen molar-refractivity contribution in [3.63, 3.8) is 0 Å². The second kappa shape index (κ2) is 9.32. The standard InChI is InChI=1S/C19H28N2O5S/c1-13-9-11-17(12-10-13)27(24,25)21-14(2)19(23)26-15(3)18(22)20-16-7-5-4-6-8-16/h9-12,14-16,21H,4-8H2,1-3H3,(H,20,22)/t14-,15+/m1/s1. The highest BCUT2D eigenvalue weighted by Crippen LogP contribution is 2.17. The molecule has 1 aromatic rings. The minimum absolute atomic E-state index is 0.0656. The molecule has 0 bridgehead atoms. The Morgan fingerprint density at radius 1 is 1.07 bits per heavy atom. The van der Waals surface area contributed by atoms with E-state index in [0.717, 1.165) is 31.2 Å². The Hall–Kier alpha value is -1.93. The number of ether oxygens (including phenoxy) is 1. The number of rotatable bonds is 7. The zero-order valence-electron chi connectivity index (χ0n) is 16.0. The third-order valence-corrected chi connectivity index (χ3v) is 6.19. The van der Waals surface area contributed by atoms with E-state index in [4.69, 9.17) is 4.74 Å².